The summed E-state index contributed by atoms with van der Waals surface area (Å²) in [6, 6.07) is 14.8. The van der Waals surface area contributed by atoms with E-state index in [1.165, 1.54) is 10.5 Å². The molecule has 104 valence electrons. The molecule has 0 radical (unpaired) electrons. The molecule has 0 aliphatic rings. The van der Waals surface area contributed by atoms with Crippen molar-refractivity contribution in [3.8, 4) is 5.75 Å². The number of rotatable bonds is 6. The summed E-state index contributed by atoms with van der Waals surface area (Å²) < 4.78 is 5.57. The molecule has 0 aliphatic heterocycles. The summed E-state index contributed by atoms with van der Waals surface area (Å²) in [6.45, 7) is 2.66. The van der Waals surface area contributed by atoms with Crippen LogP contribution < -0.4 is 4.74 Å². The fourth-order valence-corrected chi connectivity index (χ4v) is 2.38. The standard InChI is InChI=1S/C16H16O3S/c1-12-2-8-15(9-3-12)20-11-10-19-14-6-4-13(5-7-14)16(17)18/h2-9H,10-11H2,1H3,(H,17,18). The van der Waals surface area contributed by atoms with Crippen LogP contribution in [0, 0.1) is 6.92 Å². The quantitative estimate of drug-likeness (QED) is 0.647. The van der Waals surface area contributed by atoms with Gasteiger partial charge in [0.05, 0.1) is 12.2 Å². The maximum Gasteiger partial charge on any atom is 0.335 e. The number of carbonyl (C=O) groups is 1. The summed E-state index contributed by atoms with van der Waals surface area (Å²) >= 11 is 1.74. The van der Waals surface area contributed by atoms with Gasteiger partial charge in [-0.05, 0) is 43.3 Å². The van der Waals surface area contributed by atoms with E-state index in [1.807, 2.05) is 0 Å². The number of ether oxygens (including phenoxy) is 1. The zero-order valence-electron chi connectivity index (χ0n) is 11.2. The first kappa shape index (κ1) is 14.5. The molecule has 0 saturated heterocycles. The number of aromatic carboxylic acids is 1. The molecule has 0 bridgehead atoms. The SMILES string of the molecule is Cc1ccc(SCCOc2ccc(C(=O)O)cc2)cc1. The molecular formula is C16H16O3S. The van der Waals surface area contributed by atoms with E-state index in [1.54, 1.807) is 36.0 Å². The second-order valence-corrected chi connectivity index (χ2v) is 5.51. The van der Waals surface area contributed by atoms with Gasteiger partial charge in [0.1, 0.15) is 5.75 Å². The van der Waals surface area contributed by atoms with Gasteiger partial charge in [-0.3, -0.25) is 0 Å². The molecule has 0 saturated carbocycles. The van der Waals surface area contributed by atoms with Crippen LogP contribution in [0.5, 0.6) is 5.75 Å². The summed E-state index contributed by atoms with van der Waals surface area (Å²) in [7, 11) is 0. The Morgan fingerprint density at radius 1 is 1.10 bits per heavy atom. The van der Waals surface area contributed by atoms with Gasteiger partial charge >= 0.3 is 5.97 Å². The fourth-order valence-electron chi connectivity index (χ4n) is 1.65. The van der Waals surface area contributed by atoms with Gasteiger partial charge in [0.25, 0.3) is 0 Å². The zero-order valence-corrected chi connectivity index (χ0v) is 12.0. The first-order valence-electron chi connectivity index (χ1n) is 6.31. The highest BCUT2D eigenvalue weighted by molar-refractivity contribution is 7.99. The normalized spacial score (nSPS) is 10.2. The summed E-state index contributed by atoms with van der Waals surface area (Å²) in [5.74, 6) is 0.620. The lowest BCUT2D eigenvalue weighted by molar-refractivity contribution is 0.0697. The average Bonchev–Trinajstić information content (AvgIpc) is 2.46. The summed E-state index contributed by atoms with van der Waals surface area (Å²) in [6.07, 6.45) is 0. The van der Waals surface area contributed by atoms with E-state index in [0.717, 1.165) is 5.75 Å². The van der Waals surface area contributed by atoms with Gasteiger partial charge in [-0.15, -0.1) is 11.8 Å². The summed E-state index contributed by atoms with van der Waals surface area (Å²) in [4.78, 5) is 11.9. The van der Waals surface area contributed by atoms with Crippen LogP contribution in [0.4, 0.5) is 0 Å². The van der Waals surface area contributed by atoms with E-state index in [9.17, 15) is 4.79 Å². The Bertz CT molecular complexity index is 561. The molecule has 20 heavy (non-hydrogen) atoms. The molecule has 0 fully saturated rings. The zero-order chi connectivity index (χ0) is 14.4. The van der Waals surface area contributed by atoms with Gasteiger partial charge in [-0.2, -0.15) is 0 Å². The summed E-state index contributed by atoms with van der Waals surface area (Å²) in [5.41, 5.74) is 1.52. The molecular weight excluding hydrogens is 272 g/mol. The van der Waals surface area contributed by atoms with Gasteiger partial charge in [0.15, 0.2) is 0 Å². The lowest BCUT2D eigenvalue weighted by Crippen LogP contribution is -2.01. The second-order valence-electron chi connectivity index (χ2n) is 4.34. The lowest BCUT2D eigenvalue weighted by Gasteiger charge is -2.06. The van der Waals surface area contributed by atoms with Gasteiger partial charge in [0.2, 0.25) is 0 Å². The lowest BCUT2D eigenvalue weighted by atomic mass is 10.2. The number of thioether (sulfide) groups is 1. The van der Waals surface area contributed by atoms with E-state index >= 15 is 0 Å². The molecule has 0 aliphatic carbocycles. The van der Waals surface area contributed by atoms with Crippen LogP contribution in [0.2, 0.25) is 0 Å². The predicted octanol–water partition coefficient (Wildman–Crippen LogP) is 3.86. The largest absolute Gasteiger partial charge is 0.493 e. The molecule has 0 aromatic heterocycles. The van der Waals surface area contributed by atoms with Gasteiger partial charge in [-0.1, -0.05) is 17.7 Å². The van der Waals surface area contributed by atoms with Crippen molar-refractivity contribution >= 4 is 17.7 Å². The molecule has 1 N–H and O–H groups in total. The number of carboxylic acid groups (broad SMARTS) is 1. The van der Waals surface area contributed by atoms with E-state index in [4.69, 9.17) is 9.84 Å². The minimum Gasteiger partial charge on any atom is -0.493 e. The molecule has 3 nitrogen and oxygen atoms in total. The maximum absolute atomic E-state index is 10.7. The Labute approximate surface area is 122 Å². The number of benzene rings is 2. The highest BCUT2D eigenvalue weighted by Gasteiger charge is 2.02. The molecule has 2 aromatic rings. The van der Waals surface area contributed by atoms with Crippen LogP contribution >= 0.6 is 11.8 Å². The number of carboxylic acids is 1. The fraction of sp³-hybridized carbons (Fsp3) is 0.188. The van der Waals surface area contributed by atoms with Crippen LogP contribution in [-0.4, -0.2) is 23.4 Å². The second kappa shape index (κ2) is 7.01. The van der Waals surface area contributed by atoms with Crippen LogP contribution in [0.1, 0.15) is 15.9 Å². The first-order valence-corrected chi connectivity index (χ1v) is 7.29. The van der Waals surface area contributed by atoms with E-state index in [-0.39, 0.29) is 5.56 Å². The molecule has 0 unspecified atom stereocenters. The Morgan fingerprint density at radius 3 is 2.35 bits per heavy atom. The summed E-state index contributed by atoms with van der Waals surface area (Å²) in [5, 5.41) is 8.79. The van der Waals surface area contributed by atoms with Crippen molar-refractivity contribution in [2.24, 2.45) is 0 Å². The van der Waals surface area contributed by atoms with Crippen LogP contribution in [-0.2, 0) is 0 Å². The van der Waals surface area contributed by atoms with Crippen LogP contribution in [0.3, 0.4) is 0 Å². The van der Waals surface area contributed by atoms with Crippen molar-refractivity contribution in [1.82, 2.24) is 0 Å². The highest BCUT2D eigenvalue weighted by atomic mass is 32.2. The van der Waals surface area contributed by atoms with Crippen LogP contribution in [0.15, 0.2) is 53.4 Å². The van der Waals surface area contributed by atoms with Gasteiger partial charge in [-0.25, -0.2) is 4.79 Å². The van der Waals surface area contributed by atoms with Gasteiger partial charge in [0, 0.05) is 10.6 Å². The van der Waals surface area contributed by atoms with Crippen molar-refractivity contribution in [3.05, 3.63) is 59.7 Å². The molecule has 2 rings (SSSR count). The Hall–Kier alpha value is -1.94. The van der Waals surface area contributed by atoms with Crippen molar-refractivity contribution < 1.29 is 14.6 Å². The molecule has 0 amide bonds. The van der Waals surface area contributed by atoms with Crippen LogP contribution in [0.25, 0.3) is 0 Å². The Morgan fingerprint density at radius 2 is 1.75 bits per heavy atom. The minimum absolute atomic E-state index is 0.270. The molecule has 0 spiro atoms. The van der Waals surface area contributed by atoms with E-state index < -0.39 is 5.97 Å². The van der Waals surface area contributed by atoms with E-state index in [2.05, 4.69) is 31.2 Å². The maximum atomic E-state index is 10.7. The third-order valence-corrected chi connectivity index (χ3v) is 3.72. The molecule has 2 aromatic carbocycles. The average molecular weight is 288 g/mol. The number of hydrogen-bond donors (Lipinski definition) is 1. The third kappa shape index (κ3) is 4.31. The van der Waals surface area contributed by atoms with Gasteiger partial charge < -0.3 is 9.84 Å². The Kier molecular flexibility index (Phi) is 5.07. The van der Waals surface area contributed by atoms with Crippen molar-refractivity contribution in [2.75, 3.05) is 12.4 Å². The number of aryl methyl sites for hydroxylation is 1. The van der Waals surface area contributed by atoms with Crippen molar-refractivity contribution in [2.45, 2.75) is 11.8 Å². The van der Waals surface area contributed by atoms with E-state index in [0.29, 0.717) is 12.4 Å². The third-order valence-electron chi connectivity index (χ3n) is 2.74. The highest BCUT2D eigenvalue weighted by Crippen LogP contribution is 2.19. The smallest absolute Gasteiger partial charge is 0.335 e. The number of hydrogen-bond acceptors (Lipinski definition) is 3. The Balaban J connectivity index is 1.75. The molecule has 0 heterocycles. The monoisotopic (exact) mass is 288 g/mol. The first-order chi connectivity index (χ1) is 9.65. The molecule has 0 atom stereocenters. The topological polar surface area (TPSA) is 46.5 Å². The predicted molar refractivity (Wildman–Crippen MR) is 80.8 cm³/mol. The van der Waals surface area contributed by atoms with Crippen molar-refractivity contribution in [3.63, 3.8) is 0 Å². The molecule has 4 heteroatoms. The minimum atomic E-state index is -0.925. The van der Waals surface area contributed by atoms with Crippen molar-refractivity contribution in [1.29, 1.82) is 0 Å².